The zero-order chi connectivity index (χ0) is 22.5. The lowest BCUT2D eigenvalue weighted by Crippen LogP contribution is -2.56. The van der Waals surface area contributed by atoms with Crippen molar-refractivity contribution >= 4 is 28.6 Å². The van der Waals surface area contributed by atoms with Gasteiger partial charge in [0.2, 0.25) is 5.91 Å². The van der Waals surface area contributed by atoms with Gasteiger partial charge in [-0.3, -0.25) is 4.79 Å². The fourth-order valence-electron chi connectivity index (χ4n) is 4.26. The van der Waals surface area contributed by atoms with Gasteiger partial charge < -0.3 is 31.4 Å². The molecule has 168 valence electrons. The summed E-state index contributed by atoms with van der Waals surface area (Å²) in [5.74, 6) is -0.402. The summed E-state index contributed by atoms with van der Waals surface area (Å²) in [6.45, 7) is 0.577. The predicted octanol–water partition coefficient (Wildman–Crippen LogP) is 0.274. The van der Waals surface area contributed by atoms with Crippen molar-refractivity contribution < 1.29 is 14.3 Å². The number of hydrogen-bond donors (Lipinski definition) is 4. The second-order valence-electron chi connectivity index (χ2n) is 8.56. The minimum atomic E-state index is -1.02. The fraction of sp³-hybridized carbons (Fsp3) is 0.429. The van der Waals surface area contributed by atoms with Crippen LogP contribution in [0.2, 0.25) is 0 Å². The van der Waals surface area contributed by atoms with Crippen LogP contribution in [0.5, 0.6) is 0 Å². The molecule has 1 aromatic carbocycles. The molecule has 1 aliphatic carbocycles. The molecular weight excluding hydrogens is 415 g/mol. The molecule has 2 aliphatic rings. The first-order valence-electron chi connectivity index (χ1n) is 10.6. The Labute approximate surface area is 183 Å². The number of nitrogens with two attached hydrogens (primary N) is 2. The molecule has 32 heavy (non-hydrogen) atoms. The number of aliphatic hydroxyl groups excluding tert-OH is 1. The third-order valence-electron chi connectivity index (χ3n) is 6.27. The number of carbonyl (C=O) groups is 1. The van der Waals surface area contributed by atoms with Crippen LogP contribution in [0.25, 0.3) is 11.2 Å². The number of rotatable bonds is 6. The molecule has 11 heteroatoms. The Kier molecular flexibility index (Phi) is 4.94. The molecule has 0 radical (unpaired) electrons. The van der Waals surface area contributed by atoms with Gasteiger partial charge in [-0.1, -0.05) is 0 Å². The van der Waals surface area contributed by atoms with Gasteiger partial charge in [0, 0.05) is 35.9 Å². The standard InChI is InChI=1S/C21H25FN8O2/c22-15-3-4-16(29-6-5-21(24,9-29)20(32)28-12-1-2-12)13(14(15)8-31)7-30-11-27-17-18(23)25-10-26-19(17)30/h3-4,10-12,31H,1-2,5-9,24H2,(H,28,32)(H2,23,25,26)/t21-/m1/s1. The highest BCUT2D eigenvalue weighted by Gasteiger charge is 2.43. The van der Waals surface area contributed by atoms with E-state index in [-0.39, 0.29) is 29.9 Å². The van der Waals surface area contributed by atoms with Crippen LogP contribution in [-0.2, 0) is 17.9 Å². The maximum absolute atomic E-state index is 14.6. The lowest BCUT2D eigenvalue weighted by atomic mass is 9.99. The van der Waals surface area contributed by atoms with Crippen molar-refractivity contribution in [2.45, 2.75) is 44.0 Å². The van der Waals surface area contributed by atoms with Crippen molar-refractivity contribution in [2.24, 2.45) is 5.73 Å². The van der Waals surface area contributed by atoms with E-state index in [0.29, 0.717) is 41.9 Å². The van der Waals surface area contributed by atoms with E-state index < -0.39 is 18.0 Å². The lowest BCUT2D eigenvalue weighted by Gasteiger charge is -2.27. The van der Waals surface area contributed by atoms with E-state index in [2.05, 4.69) is 20.3 Å². The van der Waals surface area contributed by atoms with Crippen molar-refractivity contribution in [1.82, 2.24) is 24.8 Å². The molecule has 2 aromatic heterocycles. The van der Waals surface area contributed by atoms with Crippen molar-refractivity contribution in [1.29, 1.82) is 0 Å². The number of nitrogens with one attached hydrogen (secondary N) is 1. The highest BCUT2D eigenvalue weighted by molar-refractivity contribution is 5.88. The second-order valence-corrected chi connectivity index (χ2v) is 8.56. The number of nitrogens with zero attached hydrogens (tertiary/aromatic N) is 5. The van der Waals surface area contributed by atoms with Crippen LogP contribution in [0, 0.1) is 5.82 Å². The van der Waals surface area contributed by atoms with Crippen molar-refractivity contribution in [3.05, 3.63) is 41.7 Å². The Morgan fingerprint density at radius 1 is 1.28 bits per heavy atom. The Hall–Kier alpha value is -3.31. The molecule has 2 fully saturated rings. The maximum atomic E-state index is 14.6. The monoisotopic (exact) mass is 440 g/mol. The first-order valence-corrected chi connectivity index (χ1v) is 10.6. The normalized spacial score (nSPS) is 20.8. The number of carbonyl (C=O) groups excluding carboxylic acids is 1. The lowest BCUT2D eigenvalue weighted by molar-refractivity contribution is -0.125. The number of halogens is 1. The molecule has 6 N–H and O–H groups in total. The predicted molar refractivity (Wildman–Crippen MR) is 116 cm³/mol. The third kappa shape index (κ3) is 3.53. The Morgan fingerprint density at radius 2 is 2.09 bits per heavy atom. The zero-order valence-corrected chi connectivity index (χ0v) is 17.5. The molecule has 1 atom stereocenters. The number of anilines is 2. The Morgan fingerprint density at radius 3 is 2.84 bits per heavy atom. The maximum Gasteiger partial charge on any atom is 0.242 e. The molecule has 0 spiro atoms. The number of fused-ring (bicyclic) bond motifs is 1. The summed E-state index contributed by atoms with van der Waals surface area (Å²) >= 11 is 0. The third-order valence-corrected chi connectivity index (χ3v) is 6.27. The van der Waals surface area contributed by atoms with Gasteiger partial charge in [0.15, 0.2) is 11.5 Å². The van der Waals surface area contributed by atoms with E-state index in [1.165, 1.54) is 12.4 Å². The van der Waals surface area contributed by atoms with Crippen molar-refractivity contribution in [3.8, 4) is 0 Å². The van der Waals surface area contributed by atoms with Crippen molar-refractivity contribution in [3.63, 3.8) is 0 Å². The smallest absolute Gasteiger partial charge is 0.242 e. The molecule has 5 rings (SSSR count). The largest absolute Gasteiger partial charge is 0.392 e. The van der Waals surface area contributed by atoms with E-state index in [1.54, 1.807) is 17.0 Å². The first-order chi connectivity index (χ1) is 15.4. The van der Waals surface area contributed by atoms with E-state index in [9.17, 15) is 14.3 Å². The molecule has 1 saturated carbocycles. The average Bonchev–Trinajstić information content (AvgIpc) is 3.35. The SMILES string of the molecule is Nc1ncnc2c1ncn2Cc1c(N2CC[C@](N)(C(=O)NC3CC3)C2)ccc(F)c1CO. The zero-order valence-electron chi connectivity index (χ0n) is 17.5. The minimum absolute atomic E-state index is 0.152. The number of aromatic nitrogens is 4. The molecule has 3 heterocycles. The first kappa shape index (κ1) is 20.6. The van der Waals surface area contributed by atoms with Crippen LogP contribution >= 0.6 is 0 Å². The molecule has 1 amide bonds. The number of imidazole rings is 1. The molecule has 10 nitrogen and oxygen atoms in total. The van der Waals surface area contributed by atoms with Gasteiger partial charge in [0.25, 0.3) is 0 Å². The van der Waals surface area contributed by atoms with Gasteiger partial charge in [-0.2, -0.15) is 0 Å². The molecule has 1 saturated heterocycles. The topological polar surface area (TPSA) is 148 Å². The van der Waals surface area contributed by atoms with Crippen LogP contribution in [0.1, 0.15) is 30.4 Å². The molecule has 0 unspecified atom stereocenters. The highest BCUT2D eigenvalue weighted by atomic mass is 19.1. The minimum Gasteiger partial charge on any atom is -0.392 e. The molecule has 3 aromatic rings. The summed E-state index contributed by atoms with van der Waals surface area (Å²) in [5, 5.41) is 12.9. The summed E-state index contributed by atoms with van der Waals surface area (Å²) in [6.07, 6.45) is 5.36. The van der Waals surface area contributed by atoms with Gasteiger partial charge in [-0.25, -0.2) is 19.3 Å². The van der Waals surface area contributed by atoms with E-state index >= 15 is 0 Å². The summed E-state index contributed by atoms with van der Waals surface area (Å²) in [7, 11) is 0. The van der Waals surface area contributed by atoms with Gasteiger partial charge in [0.05, 0.1) is 19.5 Å². The van der Waals surface area contributed by atoms with E-state index in [1.807, 2.05) is 4.90 Å². The van der Waals surface area contributed by atoms with Crippen LogP contribution in [-0.4, -0.2) is 55.2 Å². The van der Waals surface area contributed by atoms with E-state index in [4.69, 9.17) is 11.5 Å². The summed E-state index contributed by atoms with van der Waals surface area (Å²) in [6, 6.07) is 3.22. The van der Waals surface area contributed by atoms with Crippen LogP contribution in [0.15, 0.2) is 24.8 Å². The summed E-state index contributed by atoms with van der Waals surface area (Å²) in [5.41, 5.74) is 13.8. The molecular formula is C21H25FN8O2. The van der Waals surface area contributed by atoms with E-state index in [0.717, 1.165) is 12.8 Å². The van der Waals surface area contributed by atoms with Gasteiger partial charge >= 0.3 is 0 Å². The fourth-order valence-corrected chi connectivity index (χ4v) is 4.26. The highest BCUT2D eigenvalue weighted by Crippen LogP contribution is 2.33. The van der Waals surface area contributed by atoms with Crippen molar-refractivity contribution in [2.75, 3.05) is 23.7 Å². The van der Waals surface area contributed by atoms with Gasteiger partial charge in [0.1, 0.15) is 23.2 Å². The molecule has 1 aliphatic heterocycles. The summed E-state index contributed by atoms with van der Waals surface area (Å²) in [4.78, 5) is 27.1. The van der Waals surface area contributed by atoms with Crippen LogP contribution in [0.4, 0.5) is 15.9 Å². The van der Waals surface area contributed by atoms with Crippen LogP contribution < -0.4 is 21.7 Å². The van der Waals surface area contributed by atoms with Gasteiger partial charge in [-0.05, 0) is 31.4 Å². The number of amides is 1. The number of aliphatic hydroxyl groups is 1. The number of benzene rings is 1. The second kappa shape index (κ2) is 7.68. The quantitative estimate of drug-likeness (QED) is 0.427. The van der Waals surface area contributed by atoms with Gasteiger partial charge in [-0.15, -0.1) is 0 Å². The average molecular weight is 440 g/mol. The van der Waals surface area contributed by atoms with Crippen LogP contribution in [0.3, 0.4) is 0 Å². The number of nitrogen functional groups attached to an aromatic ring is 1. The molecule has 0 bridgehead atoms. The number of hydrogen-bond acceptors (Lipinski definition) is 8. The Bertz CT molecular complexity index is 1190. The Balaban J connectivity index is 1.49. The summed E-state index contributed by atoms with van der Waals surface area (Å²) < 4.78 is 16.3.